The standard InChI is InChI=1S/C18H22N2OS/c1-13(2)11-12-22-18-19-16-10-6-5-9-15(16)17(21)20(18)14-7-3-4-8-14/h5-6,9-11,14H,3-4,7-8,12H2,1-2H3. The molecule has 2 aromatic rings. The van der Waals surface area contributed by atoms with Crippen molar-refractivity contribution in [3.63, 3.8) is 0 Å². The molecule has 0 atom stereocenters. The third kappa shape index (κ3) is 3.12. The minimum atomic E-state index is 0.122. The summed E-state index contributed by atoms with van der Waals surface area (Å²) in [5.74, 6) is 0.861. The van der Waals surface area contributed by atoms with Crippen LogP contribution in [0.2, 0.25) is 0 Å². The second kappa shape index (κ2) is 6.69. The second-order valence-corrected chi connectivity index (χ2v) is 7.10. The van der Waals surface area contributed by atoms with E-state index in [9.17, 15) is 4.79 Å². The van der Waals surface area contributed by atoms with Crippen LogP contribution in [0.15, 0.2) is 45.9 Å². The quantitative estimate of drug-likeness (QED) is 0.471. The van der Waals surface area contributed by atoms with Crippen molar-refractivity contribution in [2.24, 2.45) is 0 Å². The molecule has 1 fully saturated rings. The summed E-state index contributed by atoms with van der Waals surface area (Å²) in [6.07, 6.45) is 6.79. The van der Waals surface area contributed by atoms with Gasteiger partial charge in [0.2, 0.25) is 0 Å². The summed E-state index contributed by atoms with van der Waals surface area (Å²) in [6, 6.07) is 8.00. The summed E-state index contributed by atoms with van der Waals surface area (Å²) < 4.78 is 1.96. The van der Waals surface area contributed by atoms with Crippen LogP contribution >= 0.6 is 11.8 Å². The van der Waals surface area contributed by atoms with Crippen LogP contribution in [0.4, 0.5) is 0 Å². The van der Waals surface area contributed by atoms with Crippen molar-refractivity contribution in [3.8, 4) is 0 Å². The molecule has 3 nitrogen and oxygen atoms in total. The van der Waals surface area contributed by atoms with Crippen LogP contribution in [0.3, 0.4) is 0 Å². The molecule has 0 saturated heterocycles. The summed E-state index contributed by atoms with van der Waals surface area (Å²) in [7, 11) is 0. The molecular formula is C18H22N2OS. The SMILES string of the molecule is CC(C)=CCSc1nc2ccccc2c(=O)n1C1CCCC1. The largest absolute Gasteiger partial charge is 0.284 e. The van der Waals surface area contributed by atoms with Crippen molar-refractivity contribution in [3.05, 3.63) is 46.3 Å². The molecule has 116 valence electrons. The Labute approximate surface area is 135 Å². The third-order valence-corrected chi connectivity index (χ3v) is 5.05. The molecule has 0 N–H and O–H groups in total. The average Bonchev–Trinajstić information content (AvgIpc) is 3.01. The molecule has 1 aliphatic rings. The third-order valence-electron chi connectivity index (χ3n) is 4.17. The fourth-order valence-electron chi connectivity index (χ4n) is 2.99. The van der Waals surface area contributed by atoms with Gasteiger partial charge in [-0.05, 0) is 38.8 Å². The maximum Gasteiger partial charge on any atom is 0.262 e. The Balaban J connectivity index is 2.08. The number of fused-ring (bicyclic) bond motifs is 1. The predicted molar refractivity (Wildman–Crippen MR) is 93.7 cm³/mol. The Morgan fingerprint density at radius 1 is 1.32 bits per heavy atom. The highest BCUT2D eigenvalue weighted by Gasteiger charge is 2.22. The van der Waals surface area contributed by atoms with E-state index in [0.29, 0.717) is 6.04 Å². The van der Waals surface area contributed by atoms with Crippen LogP contribution in [-0.4, -0.2) is 15.3 Å². The smallest absolute Gasteiger partial charge is 0.262 e. The molecule has 0 spiro atoms. The van der Waals surface area contributed by atoms with Gasteiger partial charge in [0, 0.05) is 11.8 Å². The van der Waals surface area contributed by atoms with Gasteiger partial charge < -0.3 is 0 Å². The van der Waals surface area contributed by atoms with E-state index < -0.39 is 0 Å². The zero-order valence-electron chi connectivity index (χ0n) is 13.2. The van der Waals surface area contributed by atoms with Gasteiger partial charge in [-0.3, -0.25) is 9.36 Å². The second-order valence-electron chi connectivity index (χ2n) is 6.12. The highest BCUT2D eigenvalue weighted by Crippen LogP contribution is 2.32. The molecule has 1 heterocycles. The highest BCUT2D eigenvalue weighted by molar-refractivity contribution is 7.99. The fraction of sp³-hybridized carbons (Fsp3) is 0.444. The number of para-hydroxylation sites is 1. The molecule has 3 rings (SSSR count). The molecule has 1 saturated carbocycles. The Morgan fingerprint density at radius 2 is 2.05 bits per heavy atom. The number of hydrogen-bond donors (Lipinski definition) is 0. The van der Waals surface area contributed by atoms with E-state index in [-0.39, 0.29) is 5.56 Å². The van der Waals surface area contributed by atoms with E-state index in [2.05, 4.69) is 19.9 Å². The number of hydrogen-bond acceptors (Lipinski definition) is 3. The first-order valence-electron chi connectivity index (χ1n) is 7.94. The molecule has 0 aliphatic heterocycles. The Kier molecular flexibility index (Phi) is 4.67. The van der Waals surface area contributed by atoms with Gasteiger partial charge >= 0.3 is 0 Å². The number of allylic oxidation sites excluding steroid dienone is 1. The molecule has 1 aromatic carbocycles. The van der Waals surface area contributed by atoms with Crippen LogP contribution in [0.5, 0.6) is 0 Å². The van der Waals surface area contributed by atoms with Crippen molar-refractivity contribution in [1.29, 1.82) is 0 Å². The Morgan fingerprint density at radius 3 is 2.77 bits per heavy atom. The first-order chi connectivity index (χ1) is 10.7. The lowest BCUT2D eigenvalue weighted by atomic mass is 10.2. The maximum absolute atomic E-state index is 12.9. The first kappa shape index (κ1) is 15.3. The van der Waals surface area contributed by atoms with Crippen LogP contribution in [0.25, 0.3) is 10.9 Å². The zero-order chi connectivity index (χ0) is 15.5. The molecular weight excluding hydrogens is 292 g/mol. The van der Waals surface area contributed by atoms with Gasteiger partial charge in [-0.25, -0.2) is 4.98 Å². The summed E-state index contributed by atoms with van der Waals surface area (Å²) in [6.45, 7) is 4.19. The van der Waals surface area contributed by atoms with Crippen LogP contribution in [0, 0.1) is 0 Å². The normalized spacial score (nSPS) is 15.4. The maximum atomic E-state index is 12.9. The van der Waals surface area contributed by atoms with E-state index in [0.717, 1.165) is 34.7 Å². The van der Waals surface area contributed by atoms with Crippen molar-refractivity contribution in [2.45, 2.75) is 50.7 Å². The summed E-state index contributed by atoms with van der Waals surface area (Å²) in [4.78, 5) is 17.7. The summed E-state index contributed by atoms with van der Waals surface area (Å²) >= 11 is 1.67. The monoisotopic (exact) mass is 314 g/mol. The average molecular weight is 314 g/mol. The van der Waals surface area contributed by atoms with Crippen LogP contribution in [0.1, 0.15) is 45.6 Å². The lowest BCUT2D eigenvalue weighted by Gasteiger charge is -2.18. The number of benzene rings is 1. The Hall–Kier alpha value is -1.55. The van der Waals surface area contributed by atoms with E-state index in [4.69, 9.17) is 4.98 Å². The van der Waals surface area contributed by atoms with Crippen molar-refractivity contribution >= 4 is 22.7 Å². The minimum absolute atomic E-state index is 0.122. The highest BCUT2D eigenvalue weighted by atomic mass is 32.2. The zero-order valence-corrected chi connectivity index (χ0v) is 14.0. The lowest BCUT2D eigenvalue weighted by Crippen LogP contribution is -2.26. The predicted octanol–water partition coefficient (Wildman–Crippen LogP) is 4.57. The Bertz CT molecular complexity index is 753. The molecule has 4 heteroatoms. The number of nitrogens with zero attached hydrogens (tertiary/aromatic N) is 2. The van der Waals surface area contributed by atoms with Gasteiger partial charge in [0.1, 0.15) is 0 Å². The fourth-order valence-corrected chi connectivity index (χ4v) is 4.09. The van der Waals surface area contributed by atoms with Crippen molar-refractivity contribution in [2.75, 3.05) is 5.75 Å². The molecule has 1 aliphatic carbocycles. The van der Waals surface area contributed by atoms with Gasteiger partial charge in [0.05, 0.1) is 10.9 Å². The minimum Gasteiger partial charge on any atom is -0.284 e. The number of thioether (sulfide) groups is 1. The number of rotatable bonds is 4. The molecule has 22 heavy (non-hydrogen) atoms. The van der Waals surface area contributed by atoms with Gasteiger partial charge in [0.25, 0.3) is 5.56 Å². The van der Waals surface area contributed by atoms with Crippen molar-refractivity contribution < 1.29 is 0 Å². The van der Waals surface area contributed by atoms with E-state index in [1.807, 2.05) is 28.8 Å². The number of aromatic nitrogens is 2. The van der Waals surface area contributed by atoms with Gasteiger partial charge in [-0.15, -0.1) is 0 Å². The molecule has 0 bridgehead atoms. The summed E-state index contributed by atoms with van der Waals surface area (Å²) in [5, 5.41) is 1.61. The molecule has 0 unspecified atom stereocenters. The van der Waals surface area contributed by atoms with E-state index >= 15 is 0 Å². The van der Waals surface area contributed by atoms with Gasteiger partial charge in [-0.1, -0.05) is 48.4 Å². The van der Waals surface area contributed by atoms with Gasteiger partial charge in [-0.2, -0.15) is 0 Å². The van der Waals surface area contributed by atoms with Crippen LogP contribution < -0.4 is 5.56 Å². The molecule has 0 amide bonds. The van der Waals surface area contributed by atoms with Crippen molar-refractivity contribution in [1.82, 2.24) is 9.55 Å². The summed E-state index contributed by atoms with van der Waals surface area (Å²) in [5.41, 5.74) is 2.22. The van der Waals surface area contributed by atoms with Gasteiger partial charge in [0.15, 0.2) is 5.16 Å². The molecule has 1 aromatic heterocycles. The molecule has 0 radical (unpaired) electrons. The first-order valence-corrected chi connectivity index (χ1v) is 8.93. The van der Waals surface area contributed by atoms with Crippen LogP contribution in [-0.2, 0) is 0 Å². The topological polar surface area (TPSA) is 34.9 Å². The lowest BCUT2D eigenvalue weighted by molar-refractivity contribution is 0.458. The van der Waals surface area contributed by atoms with E-state index in [1.165, 1.54) is 18.4 Å². The van der Waals surface area contributed by atoms with E-state index in [1.54, 1.807) is 11.8 Å².